The number of aryl methyl sites for hydroxylation is 1. The molecule has 2 rings (SSSR count). The van der Waals surface area contributed by atoms with E-state index in [0.717, 1.165) is 0 Å². The second-order valence-corrected chi connectivity index (χ2v) is 3.66. The lowest BCUT2D eigenvalue weighted by molar-refractivity contribution is 0.153. The number of imidazole rings is 1. The van der Waals surface area contributed by atoms with Gasteiger partial charge in [0.25, 0.3) is 6.43 Å². The van der Waals surface area contributed by atoms with Gasteiger partial charge in [-0.3, -0.25) is 0 Å². The van der Waals surface area contributed by atoms with E-state index in [1.165, 1.54) is 6.07 Å². The van der Waals surface area contributed by atoms with E-state index in [2.05, 4.69) is 20.9 Å². The first-order valence-corrected chi connectivity index (χ1v) is 4.79. The number of hydrogen-bond donors (Lipinski definition) is 0. The van der Waals surface area contributed by atoms with Gasteiger partial charge in [0.1, 0.15) is 0 Å². The van der Waals surface area contributed by atoms with Crippen molar-refractivity contribution < 1.29 is 8.78 Å². The molecule has 0 spiro atoms. The van der Waals surface area contributed by atoms with Crippen LogP contribution in [0.4, 0.5) is 8.78 Å². The number of para-hydroxylation sites is 1. The monoisotopic (exact) mass is 260 g/mol. The maximum Gasteiger partial charge on any atom is 0.266 e. The van der Waals surface area contributed by atoms with Crippen LogP contribution in [0.5, 0.6) is 0 Å². The quantitative estimate of drug-likeness (QED) is 0.770. The standard InChI is InChI=1S/C9H7BrF2N2/c1-14-6-4-2-3-5(8(11)12)7(6)13-9(14)10/h2-4,8H,1H3. The van der Waals surface area contributed by atoms with Gasteiger partial charge in [0.15, 0.2) is 4.73 Å². The molecule has 0 aliphatic heterocycles. The van der Waals surface area contributed by atoms with E-state index in [9.17, 15) is 8.78 Å². The van der Waals surface area contributed by atoms with Crippen LogP contribution < -0.4 is 0 Å². The number of rotatable bonds is 1. The molecular weight excluding hydrogens is 254 g/mol. The second-order valence-electron chi connectivity index (χ2n) is 2.96. The summed E-state index contributed by atoms with van der Waals surface area (Å²) < 4.78 is 27.4. The fourth-order valence-electron chi connectivity index (χ4n) is 1.38. The third-order valence-electron chi connectivity index (χ3n) is 2.12. The third kappa shape index (κ3) is 1.32. The fraction of sp³-hybridized carbons (Fsp3) is 0.222. The summed E-state index contributed by atoms with van der Waals surface area (Å²) in [6.45, 7) is 0. The van der Waals surface area contributed by atoms with Crippen LogP contribution in [0, 0.1) is 0 Å². The second kappa shape index (κ2) is 3.31. The molecule has 1 aromatic carbocycles. The van der Waals surface area contributed by atoms with Gasteiger partial charge in [0.2, 0.25) is 0 Å². The number of fused-ring (bicyclic) bond motifs is 1. The van der Waals surface area contributed by atoms with Crippen LogP contribution >= 0.6 is 15.9 Å². The first-order valence-electron chi connectivity index (χ1n) is 4.00. The van der Waals surface area contributed by atoms with E-state index < -0.39 is 6.43 Å². The zero-order valence-electron chi connectivity index (χ0n) is 7.34. The SMILES string of the molecule is Cn1c(Br)nc2c(C(F)F)cccc21. The summed E-state index contributed by atoms with van der Waals surface area (Å²) in [5.74, 6) is 0. The molecule has 74 valence electrons. The van der Waals surface area contributed by atoms with Crippen molar-refractivity contribution in [1.82, 2.24) is 9.55 Å². The van der Waals surface area contributed by atoms with Gasteiger partial charge < -0.3 is 4.57 Å². The Hall–Kier alpha value is -0.970. The van der Waals surface area contributed by atoms with E-state index >= 15 is 0 Å². The lowest BCUT2D eigenvalue weighted by Gasteiger charge is -2.00. The predicted octanol–water partition coefficient (Wildman–Crippen LogP) is 3.27. The maximum absolute atomic E-state index is 12.6. The molecule has 5 heteroatoms. The molecule has 0 N–H and O–H groups in total. The van der Waals surface area contributed by atoms with Crippen molar-refractivity contribution >= 4 is 27.0 Å². The molecule has 14 heavy (non-hydrogen) atoms. The van der Waals surface area contributed by atoms with E-state index in [4.69, 9.17) is 0 Å². The van der Waals surface area contributed by atoms with Crippen LogP contribution in [0.15, 0.2) is 22.9 Å². The molecule has 2 nitrogen and oxygen atoms in total. The third-order valence-corrected chi connectivity index (χ3v) is 2.83. The molecule has 0 atom stereocenters. The van der Waals surface area contributed by atoms with Crippen molar-refractivity contribution in [2.24, 2.45) is 7.05 Å². The van der Waals surface area contributed by atoms with Gasteiger partial charge in [-0.25, -0.2) is 13.8 Å². The largest absolute Gasteiger partial charge is 0.322 e. The highest BCUT2D eigenvalue weighted by Crippen LogP contribution is 2.28. The Balaban J connectivity index is 2.81. The molecule has 0 aliphatic rings. The highest BCUT2D eigenvalue weighted by Gasteiger charge is 2.15. The first kappa shape index (κ1) is 9.58. The van der Waals surface area contributed by atoms with Crippen LogP contribution in [0.2, 0.25) is 0 Å². The summed E-state index contributed by atoms with van der Waals surface area (Å²) in [7, 11) is 1.77. The molecule has 1 heterocycles. The van der Waals surface area contributed by atoms with Gasteiger partial charge in [-0.1, -0.05) is 12.1 Å². The molecule has 1 aromatic heterocycles. The summed E-state index contributed by atoms with van der Waals surface area (Å²) in [6, 6.07) is 4.77. The highest BCUT2D eigenvalue weighted by atomic mass is 79.9. The van der Waals surface area contributed by atoms with E-state index in [0.29, 0.717) is 15.8 Å². The molecule has 2 aromatic rings. The molecule has 0 radical (unpaired) electrons. The predicted molar refractivity (Wildman–Crippen MR) is 53.4 cm³/mol. The summed E-state index contributed by atoms with van der Waals surface area (Å²) in [6.07, 6.45) is -2.49. The molecule has 0 unspecified atom stereocenters. The molecule has 0 saturated carbocycles. The summed E-state index contributed by atoms with van der Waals surface area (Å²) in [4.78, 5) is 4.03. The fourth-order valence-corrected chi connectivity index (χ4v) is 1.75. The van der Waals surface area contributed by atoms with Crippen molar-refractivity contribution in [2.75, 3.05) is 0 Å². The molecule has 0 fully saturated rings. The molecular formula is C9H7BrF2N2. The Labute approximate surface area is 87.7 Å². The normalized spacial score (nSPS) is 11.5. The minimum absolute atomic E-state index is 0.0243. The smallest absolute Gasteiger partial charge is 0.266 e. The van der Waals surface area contributed by atoms with Gasteiger partial charge >= 0.3 is 0 Å². The molecule has 0 aliphatic carbocycles. The van der Waals surface area contributed by atoms with Crippen molar-refractivity contribution in [3.8, 4) is 0 Å². The van der Waals surface area contributed by atoms with Crippen LogP contribution in [-0.4, -0.2) is 9.55 Å². The van der Waals surface area contributed by atoms with Crippen LogP contribution in [0.25, 0.3) is 11.0 Å². The number of nitrogens with zero attached hydrogens (tertiary/aromatic N) is 2. The van der Waals surface area contributed by atoms with Crippen molar-refractivity contribution in [2.45, 2.75) is 6.43 Å². The van der Waals surface area contributed by atoms with Crippen molar-refractivity contribution in [1.29, 1.82) is 0 Å². The topological polar surface area (TPSA) is 17.8 Å². The number of halogens is 3. The number of benzene rings is 1. The Morgan fingerprint density at radius 2 is 2.14 bits per heavy atom. The van der Waals surface area contributed by atoms with Gasteiger partial charge in [-0.2, -0.15) is 0 Å². The Morgan fingerprint density at radius 1 is 1.43 bits per heavy atom. The van der Waals surface area contributed by atoms with Crippen LogP contribution in [0.1, 0.15) is 12.0 Å². The van der Waals surface area contributed by atoms with E-state index in [-0.39, 0.29) is 5.56 Å². The Morgan fingerprint density at radius 3 is 2.79 bits per heavy atom. The first-order chi connectivity index (χ1) is 6.61. The minimum Gasteiger partial charge on any atom is -0.322 e. The average molecular weight is 261 g/mol. The summed E-state index contributed by atoms with van der Waals surface area (Å²) in [5, 5.41) is 0. The van der Waals surface area contributed by atoms with Crippen molar-refractivity contribution in [3.63, 3.8) is 0 Å². The van der Waals surface area contributed by atoms with Gasteiger partial charge in [-0.05, 0) is 22.0 Å². The Kier molecular flexibility index (Phi) is 2.26. The van der Waals surface area contributed by atoms with Crippen molar-refractivity contribution in [3.05, 3.63) is 28.5 Å². The average Bonchev–Trinajstić information content (AvgIpc) is 2.43. The molecule has 0 bridgehead atoms. The molecule has 0 amide bonds. The van der Waals surface area contributed by atoms with E-state index in [1.807, 2.05) is 0 Å². The zero-order valence-corrected chi connectivity index (χ0v) is 8.92. The van der Waals surface area contributed by atoms with Gasteiger partial charge in [-0.15, -0.1) is 0 Å². The molecule has 0 saturated heterocycles. The highest BCUT2D eigenvalue weighted by molar-refractivity contribution is 9.10. The minimum atomic E-state index is -2.49. The van der Waals surface area contributed by atoms with Crippen LogP contribution in [-0.2, 0) is 7.05 Å². The lowest BCUT2D eigenvalue weighted by atomic mass is 10.2. The maximum atomic E-state index is 12.6. The van der Waals surface area contributed by atoms with Gasteiger partial charge in [0.05, 0.1) is 11.0 Å². The number of alkyl halides is 2. The lowest BCUT2D eigenvalue weighted by Crippen LogP contribution is -1.88. The van der Waals surface area contributed by atoms with Crippen LogP contribution in [0.3, 0.4) is 0 Å². The Bertz CT molecular complexity index is 479. The zero-order chi connectivity index (χ0) is 10.3. The van der Waals surface area contributed by atoms with Gasteiger partial charge in [0, 0.05) is 12.6 Å². The van der Waals surface area contributed by atoms with E-state index in [1.54, 1.807) is 23.7 Å². The summed E-state index contributed by atoms with van der Waals surface area (Å²) >= 11 is 3.20. The number of hydrogen-bond acceptors (Lipinski definition) is 1. The summed E-state index contributed by atoms with van der Waals surface area (Å²) in [5.41, 5.74) is 1.04. The number of aromatic nitrogens is 2.